The number of carboxylic acid groups (broad SMARTS) is 1. The van der Waals surface area contributed by atoms with Crippen molar-refractivity contribution in [1.29, 1.82) is 0 Å². The fourth-order valence-corrected chi connectivity index (χ4v) is 2.98. The lowest BCUT2D eigenvalue weighted by Gasteiger charge is -2.20. The molecule has 0 aliphatic carbocycles. The summed E-state index contributed by atoms with van der Waals surface area (Å²) in [5, 5.41) is 17.0. The number of aliphatic carboxylic acids is 1. The Bertz CT molecular complexity index is 712. The van der Waals surface area contributed by atoms with Gasteiger partial charge >= 0.3 is 5.97 Å². The zero-order valence-electron chi connectivity index (χ0n) is 12.7. The average molecular weight is 309 g/mol. The molecule has 0 aliphatic heterocycles. The van der Waals surface area contributed by atoms with Crippen LogP contribution in [0.15, 0.2) is 6.07 Å². The van der Waals surface area contributed by atoms with Gasteiger partial charge in [0.1, 0.15) is 10.4 Å². The number of aryl methyl sites for hydroxylation is 1. The molecule has 2 aromatic rings. The van der Waals surface area contributed by atoms with E-state index in [1.54, 1.807) is 10.7 Å². The number of hydrogen-bond acceptors (Lipinski definition) is 4. The van der Waals surface area contributed by atoms with Crippen LogP contribution in [0.4, 0.5) is 0 Å². The molecule has 2 heterocycles. The molecule has 0 aliphatic rings. The Balaban J connectivity index is 2.38. The largest absolute Gasteiger partial charge is 0.480 e. The maximum Gasteiger partial charge on any atom is 0.328 e. The average Bonchev–Trinajstić information content (AvgIpc) is 2.89. The van der Waals surface area contributed by atoms with Gasteiger partial charge in [-0.15, -0.1) is 11.3 Å². The van der Waals surface area contributed by atoms with Crippen LogP contribution in [-0.4, -0.2) is 32.3 Å². The van der Waals surface area contributed by atoms with Gasteiger partial charge in [-0.2, -0.15) is 5.10 Å². The summed E-state index contributed by atoms with van der Waals surface area (Å²) in [6.07, 6.45) is 0. The fourth-order valence-electron chi connectivity index (χ4n) is 2.00. The molecule has 0 aromatic carbocycles. The van der Waals surface area contributed by atoms with E-state index in [0.29, 0.717) is 4.88 Å². The number of amides is 1. The van der Waals surface area contributed by atoms with Gasteiger partial charge in [0.2, 0.25) is 0 Å². The molecule has 0 saturated carbocycles. The lowest BCUT2D eigenvalue weighted by Crippen LogP contribution is -2.49. The predicted molar refractivity (Wildman–Crippen MR) is 81.9 cm³/mol. The predicted octanol–water partition coefficient (Wildman–Crippen LogP) is 2.35. The molecule has 0 saturated heterocycles. The highest BCUT2D eigenvalue weighted by Gasteiger charge is 2.30. The molecule has 2 aromatic heterocycles. The lowest BCUT2D eigenvalue weighted by molar-refractivity contribution is -0.143. The van der Waals surface area contributed by atoms with Gasteiger partial charge in [0, 0.05) is 12.4 Å². The van der Waals surface area contributed by atoms with E-state index >= 15 is 0 Å². The highest BCUT2D eigenvalue weighted by molar-refractivity contribution is 7.20. The summed E-state index contributed by atoms with van der Waals surface area (Å²) in [6.45, 7) is 7.02. The summed E-state index contributed by atoms with van der Waals surface area (Å²) in [4.78, 5) is 24.7. The van der Waals surface area contributed by atoms with Crippen LogP contribution in [-0.2, 0) is 11.8 Å². The minimum absolute atomic E-state index is 0.259. The van der Waals surface area contributed by atoms with Crippen LogP contribution in [0.2, 0.25) is 0 Å². The zero-order chi connectivity index (χ0) is 15.9. The minimum Gasteiger partial charge on any atom is -0.480 e. The second-order valence-electron chi connectivity index (χ2n) is 5.88. The normalized spacial score (nSPS) is 12.1. The summed E-state index contributed by atoms with van der Waals surface area (Å²) in [5.74, 6) is -1.19. The molecule has 0 atom stereocenters. The summed E-state index contributed by atoms with van der Waals surface area (Å²) in [6, 6.07) is 1.79. The van der Waals surface area contributed by atoms with Gasteiger partial charge in [-0.05, 0) is 25.8 Å². The Morgan fingerprint density at radius 3 is 2.57 bits per heavy atom. The topological polar surface area (TPSA) is 84.2 Å². The van der Waals surface area contributed by atoms with E-state index in [4.69, 9.17) is 5.11 Å². The van der Waals surface area contributed by atoms with E-state index in [-0.39, 0.29) is 11.8 Å². The summed E-state index contributed by atoms with van der Waals surface area (Å²) >= 11 is 1.32. The first-order valence-corrected chi connectivity index (χ1v) is 7.47. The number of nitrogens with one attached hydrogen (secondary N) is 1. The van der Waals surface area contributed by atoms with Crippen LogP contribution in [0.5, 0.6) is 0 Å². The molecule has 1 amide bonds. The van der Waals surface area contributed by atoms with Crippen LogP contribution >= 0.6 is 11.3 Å². The molecular formula is C14H19N3O3S. The third-order valence-corrected chi connectivity index (χ3v) is 4.47. The van der Waals surface area contributed by atoms with E-state index < -0.39 is 11.5 Å². The van der Waals surface area contributed by atoms with E-state index in [0.717, 1.165) is 15.9 Å². The summed E-state index contributed by atoms with van der Waals surface area (Å²) < 4.78 is 1.76. The first-order valence-electron chi connectivity index (χ1n) is 6.66. The van der Waals surface area contributed by atoms with E-state index in [1.807, 2.05) is 20.9 Å². The minimum atomic E-state index is -1.30. The second kappa shape index (κ2) is 5.14. The van der Waals surface area contributed by atoms with Crippen LogP contribution in [0, 0.1) is 0 Å². The highest BCUT2D eigenvalue weighted by atomic mass is 32.1. The second-order valence-corrected chi connectivity index (χ2v) is 6.91. The number of carbonyl (C=O) groups excluding carboxylic acids is 1. The Hall–Kier alpha value is -1.89. The Morgan fingerprint density at radius 2 is 2.05 bits per heavy atom. The van der Waals surface area contributed by atoms with Crippen molar-refractivity contribution >= 4 is 33.4 Å². The van der Waals surface area contributed by atoms with E-state index in [2.05, 4.69) is 10.4 Å². The molecule has 2 N–H and O–H groups in total. The lowest BCUT2D eigenvalue weighted by atomic mass is 10.1. The molecule has 0 unspecified atom stereocenters. The number of aromatic nitrogens is 2. The van der Waals surface area contributed by atoms with Crippen LogP contribution in [0.1, 0.15) is 49.0 Å². The van der Waals surface area contributed by atoms with Crippen molar-refractivity contribution in [3.8, 4) is 0 Å². The monoisotopic (exact) mass is 309 g/mol. The number of carbonyl (C=O) groups is 2. The first kappa shape index (κ1) is 15.5. The van der Waals surface area contributed by atoms with Crippen LogP contribution in [0.25, 0.3) is 10.2 Å². The Labute approximate surface area is 126 Å². The molecular weight excluding hydrogens is 290 g/mol. The SMILES string of the molecule is CC(C)c1nn(C)c2sc(C(=O)NC(C)(C)C(=O)O)cc12. The number of hydrogen-bond donors (Lipinski definition) is 2. The van der Waals surface area contributed by atoms with Crippen LogP contribution in [0.3, 0.4) is 0 Å². The molecule has 0 bridgehead atoms. The van der Waals surface area contributed by atoms with Gasteiger partial charge in [0.15, 0.2) is 0 Å². The van der Waals surface area contributed by atoms with Crippen molar-refractivity contribution in [1.82, 2.24) is 15.1 Å². The first-order chi connectivity index (χ1) is 9.63. The number of fused-ring (bicyclic) bond motifs is 1. The van der Waals surface area contributed by atoms with Gasteiger partial charge in [-0.1, -0.05) is 13.8 Å². The van der Waals surface area contributed by atoms with Crippen molar-refractivity contribution in [3.63, 3.8) is 0 Å². The number of rotatable bonds is 4. The van der Waals surface area contributed by atoms with Crippen molar-refractivity contribution in [2.24, 2.45) is 7.05 Å². The summed E-state index contributed by atoms with van der Waals surface area (Å²) in [5.41, 5.74) is -0.355. The van der Waals surface area contributed by atoms with Gasteiger partial charge in [-0.3, -0.25) is 9.48 Å². The van der Waals surface area contributed by atoms with Gasteiger partial charge in [-0.25, -0.2) is 4.79 Å². The molecule has 0 radical (unpaired) electrons. The molecule has 7 heteroatoms. The maximum atomic E-state index is 12.2. The van der Waals surface area contributed by atoms with Gasteiger partial charge < -0.3 is 10.4 Å². The van der Waals surface area contributed by atoms with Crippen LogP contribution < -0.4 is 5.32 Å². The Morgan fingerprint density at radius 1 is 1.43 bits per heavy atom. The van der Waals surface area contributed by atoms with E-state index in [1.165, 1.54) is 25.2 Å². The molecule has 6 nitrogen and oxygen atoms in total. The third kappa shape index (κ3) is 2.78. The third-order valence-electron chi connectivity index (χ3n) is 3.27. The van der Waals surface area contributed by atoms with E-state index in [9.17, 15) is 9.59 Å². The standard InChI is InChI=1S/C14H19N3O3S/c1-7(2)10-8-6-9(21-12(8)17(5)16-10)11(18)15-14(3,4)13(19)20/h6-7H,1-5H3,(H,15,18)(H,19,20). The quantitative estimate of drug-likeness (QED) is 0.908. The van der Waals surface area contributed by atoms with Crippen molar-refractivity contribution in [2.45, 2.75) is 39.2 Å². The number of carboxylic acids is 1. The molecule has 114 valence electrons. The molecule has 0 spiro atoms. The fraction of sp³-hybridized carbons (Fsp3) is 0.500. The number of thiophene rings is 1. The zero-order valence-corrected chi connectivity index (χ0v) is 13.5. The van der Waals surface area contributed by atoms with Gasteiger partial charge in [0.25, 0.3) is 5.91 Å². The van der Waals surface area contributed by atoms with Gasteiger partial charge in [0.05, 0.1) is 10.6 Å². The van der Waals surface area contributed by atoms with Crippen molar-refractivity contribution < 1.29 is 14.7 Å². The number of nitrogens with zero attached hydrogens (tertiary/aromatic N) is 2. The van der Waals surface area contributed by atoms with Crippen molar-refractivity contribution in [2.75, 3.05) is 0 Å². The maximum absolute atomic E-state index is 12.2. The smallest absolute Gasteiger partial charge is 0.328 e. The Kier molecular flexibility index (Phi) is 3.79. The molecule has 2 rings (SSSR count). The molecule has 21 heavy (non-hydrogen) atoms. The van der Waals surface area contributed by atoms with Crippen molar-refractivity contribution in [3.05, 3.63) is 16.6 Å². The molecule has 0 fully saturated rings. The summed E-state index contributed by atoms with van der Waals surface area (Å²) in [7, 11) is 1.84. The highest BCUT2D eigenvalue weighted by Crippen LogP contribution is 2.31.